The summed E-state index contributed by atoms with van der Waals surface area (Å²) < 4.78 is 49.9. The molecule has 0 aliphatic carbocycles. The van der Waals surface area contributed by atoms with Crippen molar-refractivity contribution in [1.82, 2.24) is 0 Å². The van der Waals surface area contributed by atoms with Crippen LogP contribution in [0.25, 0.3) is 17.4 Å². The van der Waals surface area contributed by atoms with E-state index in [0.717, 1.165) is 23.9 Å². The van der Waals surface area contributed by atoms with E-state index in [4.69, 9.17) is 9.15 Å². The number of carbonyl (C=O) groups is 2. The number of benzene rings is 2. The maximum Gasteiger partial charge on any atom is 0.416 e. The lowest BCUT2D eigenvalue weighted by Gasteiger charge is -2.07. The molecule has 3 aromatic rings. The number of aliphatic imine (C=N–C) groups is 1. The van der Waals surface area contributed by atoms with Crippen LogP contribution in [0.15, 0.2) is 86.3 Å². The van der Waals surface area contributed by atoms with Crippen LogP contribution >= 0.6 is 11.8 Å². The van der Waals surface area contributed by atoms with Gasteiger partial charge < -0.3 is 14.3 Å². The van der Waals surface area contributed by atoms with E-state index in [1.807, 2.05) is 0 Å². The number of alkyl halides is 3. The van der Waals surface area contributed by atoms with E-state index in [-0.39, 0.29) is 39.2 Å². The van der Waals surface area contributed by atoms with Crippen molar-refractivity contribution in [3.8, 4) is 11.3 Å². The van der Waals surface area contributed by atoms with E-state index < -0.39 is 29.4 Å². The Balaban J connectivity index is 1.68. The maximum atomic E-state index is 13.1. The van der Waals surface area contributed by atoms with Gasteiger partial charge >= 0.3 is 12.1 Å². The summed E-state index contributed by atoms with van der Waals surface area (Å²) in [7, 11) is 0. The normalized spacial score (nSPS) is 16.0. The van der Waals surface area contributed by atoms with Gasteiger partial charge in [0.05, 0.1) is 17.1 Å². The van der Waals surface area contributed by atoms with Gasteiger partial charge in [0.25, 0.3) is 5.91 Å². The molecule has 1 aliphatic rings. The van der Waals surface area contributed by atoms with Crippen molar-refractivity contribution in [1.29, 1.82) is 0 Å². The van der Waals surface area contributed by atoms with Gasteiger partial charge in [0.2, 0.25) is 0 Å². The van der Waals surface area contributed by atoms with Crippen molar-refractivity contribution >= 4 is 34.8 Å². The number of aliphatic hydroxyl groups excluding tert-OH is 1. The number of esters is 1. The predicted octanol–water partition coefficient (Wildman–Crippen LogP) is 6.98. The third-order valence-corrected chi connectivity index (χ3v) is 6.34. The Hall–Kier alpha value is -4.05. The summed E-state index contributed by atoms with van der Waals surface area (Å²) in [6, 6.07) is 14.5. The number of hydrogen-bond donors (Lipinski definition) is 1. The van der Waals surface area contributed by atoms with Crippen molar-refractivity contribution in [3.63, 3.8) is 0 Å². The number of ether oxygens (including phenoxy) is 1. The number of hydrogen-bond acceptors (Lipinski definition) is 6. The van der Waals surface area contributed by atoms with Gasteiger partial charge in [-0.2, -0.15) is 13.2 Å². The number of aliphatic hydroxyl groups is 1. The van der Waals surface area contributed by atoms with Crippen LogP contribution in [0.2, 0.25) is 0 Å². The van der Waals surface area contributed by atoms with E-state index in [1.54, 1.807) is 38.1 Å². The van der Waals surface area contributed by atoms with E-state index in [1.165, 1.54) is 30.3 Å². The largest absolute Gasteiger partial charge is 0.506 e. The molecule has 1 N–H and O–H groups in total. The Morgan fingerprint density at radius 2 is 1.86 bits per heavy atom. The molecule has 10 heteroatoms. The second-order valence-electron chi connectivity index (χ2n) is 7.87. The molecule has 0 saturated carbocycles. The fourth-order valence-electron chi connectivity index (χ4n) is 3.52. The van der Waals surface area contributed by atoms with Crippen molar-refractivity contribution in [3.05, 3.63) is 99.4 Å². The number of thioether (sulfide) groups is 1. The molecule has 0 saturated heterocycles. The van der Waals surface area contributed by atoms with Gasteiger partial charge in [0, 0.05) is 11.1 Å². The minimum absolute atomic E-state index is 0.0386. The van der Waals surface area contributed by atoms with Crippen LogP contribution in [0, 0.1) is 6.92 Å². The highest BCUT2D eigenvalue weighted by Crippen LogP contribution is 2.40. The minimum Gasteiger partial charge on any atom is -0.506 e. The molecule has 190 valence electrons. The number of furan rings is 1. The molecule has 37 heavy (non-hydrogen) atoms. The molecular formula is C27H20F3NO5S. The van der Waals surface area contributed by atoms with Crippen molar-refractivity contribution < 1.29 is 37.0 Å². The van der Waals surface area contributed by atoms with E-state index in [9.17, 15) is 27.9 Å². The number of carbonyl (C=O) groups excluding carboxylic acids is 2. The van der Waals surface area contributed by atoms with Gasteiger partial charge in [-0.25, -0.2) is 9.79 Å². The van der Waals surface area contributed by atoms with Gasteiger partial charge in [0.15, 0.2) is 0 Å². The van der Waals surface area contributed by atoms with Gasteiger partial charge in [0.1, 0.15) is 27.9 Å². The molecule has 0 atom stereocenters. The summed E-state index contributed by atoms with van der Waals surface area (Å²) in [5, 5.41) is 10.8. The lowest BCUT2D eigenvalue weighted by atomic mass is 10.1. The number of amides is 1. The highest BCUT2D eigenvalue weighted by atomic mass is 32.2. The van der Waals surface area contributed by atoms with E-state index in [2.05, 4.69) is 4.99 Å². The fourth-order valence-corrected chi connectivity index (χ4v) is 4.51. The summed E-state index contributed by atoms with van der Waals surface area (Å²) in [5.41, 5.74) is 0.180. The fraction of sp³-hybridized carbons (Fsp3) is 0.148. The molecule has 0 bridgehead atoms. The molecule has 2 heterocycles. The zero-order valence-corrected chi connectivity index (χ0v) is 20.4. The Bertz CT molecular complexity index is 1470. The van der Waals surface area contributed by atoms with Crippen LogP contribution in [0.3, 0.4) is 0 Å². The monoisotopic (exact) mass is 527 g/mol. The maximum absolute atomic E-state index is 13.1. The standard InChI is InChI=1S/C27H20F3NO5S/c1-3-35-26(34)22-23(32)21(37-25(22)31-24(33)19-10-5-4-7-15(19)2)14-18-11-12-20(36-18)16-8-6-9-17(13-16)27(28,29)30/h4-14,32H,3H2,1-2H3/b21-14-,31-25?. The molecule has 1 amide bonds. The first kappa shape index (κ1) is 26.0. The summed E-state index contributed by atoms with van der Waals surface area (Å²) in [6.45, 7) is 3.39. The molecule has 0 radical (unpaired) electrons. The van der Waals surface area contributed by atoms with Crippen LogP contribution < -0.4 is 0 Å². The highest BCUT2D eigenvalue weighted by Gasteiger charge is 2.34. The SMILES string of the molecule is CCOC(=O)C1=C(O)/C(=C/c2ccc(-c3cccc(C(F)(F)F)c3)o2)SC1=NC(=O)c1ccccc1C. The summed E-state index contributed by atoms with van der Waals surface area (Å²) in [6.07, 6.45) is -3.10. The third-order valence-electron chi connectivity index (χ3n) is 5.32. The van der Waals surface area contributed by atoms with Crippen LogP contribution in [-0.2, 0) is 15.7 Å². The third kappa shape index (κ3) is 5.69. The van der Waals surface area contributed by atoms with Crippen molar-refractivity contribution in [2.75, 3.05) is 6.61 Å². The number of nitrogens with zero attached hydrogens (tertiary/aromatic N) is 1. The first-order valence-electron chi connectivity index (χ1n) is 11.0. The van der Waals surface area contributed by atoms with Crippen molar-refractivity contribution in [2.45, 2.75) is 20.0 Å². The Kier molecular flexibility index (Phi) is 7.40. The molecule has 6 nitrogen and oxygen atoms in total. The number of aryl methyl sites for hydroxylation is 1. The molecule has 0 fully saturated rings. The van der Waals surface area contributed by atoms with Gasteiger partial charge in [-0.3, -0.25) is 4.79 Å². The average molecular weight is 528 g/mol. The zero-order valence-electron chi connectivity index (χ0n) is 19.6. The predicted molar refractivity (Wildman–Crippen MR) is 134 cm³/mol. The number of rotatable bonds is 5. The highest BCUT2D eigenvalue weighted by molar-refractivity contribution is 8.18. The topological polar surface area (TPSA) is 89.1 Å². The molecule has 0 spiro atoms. The van der Waals surface area contributed by atoms with E-state index in [0.29, 0.717) is 11.1 Å². The Morgan fingerprint density at radius 3 is 2.57 bits per heavy atom. The molecule has 1 aliphatic heterocycles. The lowest BCUT2D eigenvalue weighted by Crippen LogP contribution is -2.14. The zero-order chi connectivity index (χ0) is 26.7. The summed E-state index contributed by atoms with van der Waals surface area (Å²) >= 11 is 0.872. The molecule has 4 rings (SSSR count). The van der Waals surface area contributed by atoms with Crippen LogP contribution in [0.5, 0.6) is 0 Å². The smallest absolute Gasteiger partial charge is 0.416 e. The Labute approximate surface area is 214 Å². The van der Waals surface area contributed by atoms with Gasteiger partial charge in [-0.05, 0) is 55.8 Å². The summed E-state index contributed by atoms with van der Waals surface area (Å²) in [4.78, 5) is 29.6. The summed E-state index contributed by atoms with van der Waals surface area (Å²) in [5.74, 6) is -1.51. The molecule has 0 unspecified atom stereocenters. The second-order valence-corrected chi connectivity index (χ2v) is 8.90. The number of halogens is 3. The quantitative estimate of drug-likeness (QED) is 0.360. The first-order valence-corrected chi connectivity index (χ1v) is 11.9. The first-order chi connectivity index (χ1) is 17.6. The van der Waals surface area contributed by atoms with E-state index >= 15 is 0 Å². The average Bonchev–Trinajstić information content (AvgIpc) is 3.43. The van der Waals surface area contributed by atoms with Crippen LogP contribution in [0.4, 0.5) is 13.2 Å². The van der Waals surface area contributed by atoms with Gasteiger partial charge in [-0.15, -0.1) is 0 Å². The van der Waals surface area contributed by atoms with Gasteiger partial charge in [-0.1, -0.05) is 42.1 Å². The minimum atomic E-state index is -4.50. The van der Waals surface area contributed by atoms with Crippen LogP contribution in [-0.4, -0.2) is 28.6 Å². The van der Waals surface area contributed by atoms with Crippen molar-refractivity contribution in [2.24, 2.45) is 4.99 Å². The lowest BCUT2D eigenvalue weighted by molar-refractivity contribution is -0.138. The molecule has 1 aromatic heterocycles. The Morgan fingerprint density at radius 1 is 1.11 bits per heavy atom. The second kappa shape index (κ2) is 10.5. The van der Waals surface area contributed by atoms with Crippen LogP contribution in [0.1, 0.15) is 34.2 Å². The molecular weight excluding hydrogens is 507 g/mol. The molecule has 2 aromatic carbocycles.